The highest BCUT2D eigenvalue weighted by Crippen LogP contribution is 2.77. The lowest BCUT2D eigenvalue weighted by Gasteiger charge is -2.62. The lowest BCUT2D eigenvalue weighted by Crippen LogP contribution is -2.56. The molecule has 12 aliphatic rings. The minimum Gasteiger partial charge on any atom is -0.462 e. The molecule has 15 rings (SSSR count). The van der Waals surface area contributed by atoms with Crippen molar-refractivity contribution >= 4 is 52.0 Å². The van der Waals surface area contributed by atoms with Crippen LogP contribution in [0, 0.1) is 118 Å². The van der Waals surface area contributed by atoms with Gasteiger partial charge in [-0.2, -0.15) is 0 Å². The number of rotatable bonds is 24. The van der Waals surface area contributed by atoms with Gasteiger partial charge in [0, 0.05) is 63.2 Å². The molecule has 3 aromatic carbocycles. The number of carbonyl (C=O) groups is 3. The van der Waals surface area contributed by atoms with E-state index in [0.29, 0.717) is 104 Å². The van der Waals surface area contributed by atoms with Crippen LogP contribution in [0.25, 0.3) is 0 Å². The van der Waals surface area contributed by atoms with Crippen LogP contribution in [0.1, 0.15) is 395 Å². The average Bonchev–Trinajstić information content (AvgIpc) is 1.66. The molecule has 0 heterocycles. The van der Waals surface area contributed by atoms with E-state index in [2.05, 4.69) is 184 Å². The molecule has 0 bridgehead atoms. The highest BCUT2D eigenvalue weighted by atomic mass is 16.6. The van der Waals surface area contributed by atoms with Crippen molar-refractivity contribution in [3.8, 4) is 0 Å². The molecule has 21 atom stereocenters. The van der Waals surface area contributed by atoms with E-state index >= 15 is 0 Å². The monoisotopic (exact) mass is 1770 g/mol. The predicted octanol–water partition coefficient (Wildman–Crippen LogP) is 29.5. The third-order valence-corrected chi connectivity index (χ3v) is 40.9. The Kier molecular flexibility index (Phi) is 29.3. The predicted molar refractivity (Wildman–Crippen MR) is 541 cm³/mol. The molecule has 12 aliphatic carbocycles. The summed E-state index contributed by atoms with van der Waals surface area (Å²) in [6.07, 6.45) is 47.3. The summed E-state index contributed by atoms with van der Waals surface area (Å²) in [5, 5.41) is 0. The van der Waals surface area contributed by atoms with E-state index in [-0.39, 0.29) is 75.1 Å². The summed E-state index contributed by atoms with van der Waals surface area (Å²) < 4.78 is 18.9. The van der Waals surface area contributed by atoms with Crippen molar-refractivity contribution < 1.29 is 28.6 Å². The van der Waals surface area contributed by atoms with E-state index in [4.69, 9.17) is 48.6 Å². The number of allylic oxidation sites excluding steroid dienone is 12. The maximum Gasteiger partial charge on any atom is 0.310 e. The van der Waals surface area contributed by atoms with Crippen molar-refractivity contribution in [1.82, 2.24) is 0 Å². The van der Waals surface area contributed by atoms with Crippen LogP contribution in [-0.4, -0.2) is 36.2 Å². The van der Waals surface area contributed by atoms with Crippen molar-refractivity contribution in [3.05, 3.63) is 140 Å². The first kappa shape index (κ1) is 99.8. The molecule has 12 N–H and O–H groups in total. The van der Waals surface area contributed by atoms with Gasteiger partial charge in [-0.1, -0.05) is 211 Å². The Balaban J connectivity index is 0.000000165. The second kappa shape index (κ2) is 37.9. The Morgan fingerprint density at radius 2 is 0.643 bits per heavy atom. The molecule has 714 valence electrons. The second-order valence-corrected chi connectivity index (χ2v) is 49.5. The molecule has 0 spiro atoms. The number of fused-ring (bicyclic) bond motifs is 12. The maximum absolute atomic E-state index is 13.1. The Bertz CT molecular complexity index is 4800. The van der Waals surface area contributed by atoms with Gasteiger partial charge in [0.05, 0.1) is 6.42 Å². The Morgan fingerprint density at radius 3 is 0.953 bits per heavy atom. The fraction of sp³-hybridized carbons (Fsp3) is 0.718. The third-order valence-electron chi connectivity index (χ3n) is 40.9. The molecule has 0 saturated heterocycles. The van der Waals surface area contributed by atoms with Gasteiger partial charge in [-0.15, -0.1) is 0 Å². The molecule has 6 saturated carbocycles. The van der Waals surface area contributed by atoms with Gasteiger partial charge >= 0.3 is 17.9 Å². The molecular weight excluding hydrogens is 1590 g/mol. The zero-order valence-corrected chi connectivity index (χ0v) is 85.7. The van der Waals surface area contributed by atoms with Crippen molar-refractivity contribution in [2.24, 2.45) is 118 Å². The van der Waals surface area contributed by atoms with Gasteiger partial charge in [0.15, 0.2) is 0 Å². The first-order chi connectivity index (χ1) is 60.4. The second-order valence-electron chi connectivity index (χ2n) is 49.5. The minimum atomic E-state index is -0.180. The number of ether oxygens (including phenoxy) is 3. The van der Waals surface area contributed by atoms with Gasteiger partial charge in [-0.25, -0.2) is 0 Å². The van der Waals surface area contributed by atoms with Gasteiger partial charge in [0.1, 0.15) is 18.3 Å². The number of benzene rings is 3. The first-order valence-electron chi connectivity index (χ1n) is 52.0. The topological polar surface area (TPSA) is 235 Å². The molecule has 12 heteroatoms. The van der Waals surface area contributed by atoms with Gasteiger partial charge < -0.3 is 48.6 Å². The zero-order chi connectivity index (χ0) is 94.1. The summed E-state index contributed by atoms with van der Waals surface area (Å²) in [6.45, 7) is 58.9. The van der Waals surface area contributed by atoms with Crippen LogP contribution in [0.5, 0.6) is 0 Å². The molecule has 0 aromatic heterocycles. The molecule has 3 aromatic rings. The van der Waals surface area contributed by atoms with E-state index in [1.165, 1.54) is 171 Å². The normalized spacial score (nSPS) is 35.4. The molecule has 12 nitrogen and oxygen atoms in total. The number of anilines is 6. The first-order valence-corrected chi connectivity index (χ1v) is 52.0. The molecule has 6 fully saturated rings. The van der Waals surface area contributed by atoms with Gasteiger partial charge in [-0.05, 0) is 409 Å². The van der Waals surface area contributed by atoms with Crippen LogP contribution >= 0.6 is 0 Å². The zero-order valence-electron chi connectivity index (χ0n) is 85.7. The molecule has 0 amide bonds. The molecule has 129 heavy (non-hydrogen) atoms. The summed E-state index contributed by atoms with van der Waals surface area (Å²) in [6, 6.07) is 16.6. The lowest BCUT2D eigenvalue weighted by atomic mass is 9.43. The highest BCUT2D eigenvalue weighted by Gasteiger charge is 2.68. The van der Waals surface area contributed by atoms with E-state index in [0.717, 1.165) is 104 Å². The van der Waals surface area contributed by atoms with Crippen molar-refractivity contribution in [2.45, 2.75) is 416 Å². The summed E-state index contributed by atoms with van der Waals surface area (Å²) in [4.78, 5) is 39.3. The summed E-state index contributed by atoms with van der Waals surface area (Å²) in [5.74, 6) is 6.02. The number of carbonyl (C=O) groups excluding carboxylic acids is 3. The van der Waals surface area contributed by atoms with Crippen molar-refractivity contribution in [3.63, 3.8) is 0 Å². The van der Waals surface area contributed by atoms with Crippen LogP contribution in [0.15, 0.2) is 123 Å². The number of hydrogen-bond acceptors (Lipinski definition) is 12. The SMILES string of the molecule is CC(C)=CCCC(C)C1CCC2(C)C3=C(CCC12C)C1(C)CCC(OC(=O)CCCc2ccc(N)cc2N)C(C)(C)C1CC3.CC(C)=CCCC(C)C1CCC2(C)C3=C(CCC12C)C1(C)CCC(OC(=O)CCc2ccc(N)cc2N)C(C)(C)C1CC3.CC(C)=CCCC(C)C1CCC2(C)C3=C(CCC12C)C1(C)CCC(OC(=O)Cc2ccc(N)cc2N)C(C)(C)C1CC3. The van der Waals surface area contributed by atoms with E-state index in [1.54, 1.807) is 35.4 Å². The fourth-order valence-electron chi connectivity index (χ4n) is 32.9. The molecule has 0 radical (unpaired) electrons. The third kappa shape index (κ3) is 18.5. The summed E-state index contributed by atoms with van der Waals surface area (Å²) in [7, 11) is 0. The van der Waals surface area contributed by atoms with Crippen LogP contribution in [0.3, 0.4) is 0 Å². The molecular formula is C117H180N6O6. The number of hydrogen-bond donors (Lipinski definition) is 6. The average molecular weight is 1770 g/mol. The minimum absolute atomic E-state index is 0.0150. The van der Waals surface area contributed by atoms with Gasteiger partial charge in [0.25, 0.3) is 0 Å². The van der Waals surface area contributed by atoms with E-state index in [1.807, 2.05) is 52.6 Å². The number of esters is 3. The molecule has 21 unspecified atom stereocenters. The summed E-state index contributed by atoms with van der Waals surface area (Å²) >= 11 is 0. The van der Waals surface area contributed by atoms with Crippen molar-refractivity contribution in [2.75, 3.05) is 34.4 Å². The van der Waals surface area contributed by atoms with Crippen molar-refractivity contribution in [1.29, 1.82) is 0 Å². The van der Waals surface area contributed by atoms with Gasteiger partial charge in [0.2, 0.25) is 0 Å². The number of aryl methyl sites for hydroxylation is 2. The summed E-state index contributed by atoms with van der Waals surface area (Å²) in [5.41, 5.74) is 60.5. The van der Waals surface area contributed by atoms with E-state index in [9.17, 15) is 14.4 Å². The maximum atomic E-state index is 13.1. The Morgan fingerprint density at radius 1 is 0.349 bits per heavy atom. The number of nitrogen functional groups attached to an aromatic ring is 6. The fourth-order valence-corrected chi connectivity index (χ4v) is 32.9. The standard InChI is InChI=1S/C40H62N2O2.C39H60N2O2.C38H58N2O2/c1-26(2)11-9-12-27(3)30-19-23-40(8)32-17-18-34-37(4,5)35(21-22-38(34,6)31(32)20-24-39(30,40)7)44-36(43)14-10-13-28-15-16-29(41)25-33(28)42;1-25(2)10-9-11-26(3)29-18-22-39(8)31-15-16-33-36(4,5)34(20-21-37(33,6)30(31)19-23-38(29,39)7)43-35(42)17-13-27-12-14-28(40)24-32(27)41;1-24(2)10-9-11-25(3)28-16-20-38(8)30-14-15-32-35(4,5)33(18-19-36(32,6)29(30)17-21-37(28,38)7)42-34(41)22-26-12-13-27(39)23-31(26)40/h11,15-16,25,27,30,34-35H,9-10,12-14,17-24,41-42H2,1-8H3;10,12,14,24,26,29,33-34H,9,11,13,15-23,40-41H2,1-8H3;10,12-13,23,25,28,32-33H,9,11,14-22,39-40H2,1-8H3. The smallest absolute Gasteiger partial charge is 0.310 e. The molecule has 0 aliphatic heterocycles. The Hall–Kier alpha value is -6.69. The van der Waals surface area contributed by atoms with Crippen LogP contribution in [0.4, 0.5) is 34.1 Å². The quantitative estimate of drug-likeness (QED) is 0.0213. The van der Waals surface area contributed by atoms with Crippen LogP contribution in [-0.2, 0) is 47.9 Å². The largest absolute Gasteiger partial charge is 0.462 e. The highest BCUT2D eigenvalue weighted by molar-refractivity contribution is 5.76. The van der Waals surface area contributed by atoms with Crippen LogP contribution in [0.2, 0.25) is 0 Å². The van der Waals surface area contributed by atoms with Crippen LogP contribution < -0.4 is 34.4 Å². The number of nitrogens with two attached hydrogens (primary N) is 6. The lowest BCUT2D eigenvalue weighted by molar-refractivity contribution is -0.170. The van der Waals surface area contributed by atoms with E-state index < -0.39 is 0 Å². The Labute approximate surface area is 783 Å². The van der Waals surface area contributed by atoms with Gasteiger partial charge in [-0.3, -0.25) is 14.4 Å².